The van der Waals surface area contributed by atoms with Gasteiger partial charge < -0.3 is 10.1 Å². The van der Waals surface area contributed by atoms with Crippen LogP contribution in [0.1, 0.15) is 46.5 Å². The van der Waals surface area contributed by atoms with Gasteiger partial charge in [-0.05, 0) is 26.2 Å². The van der Waals surface area contributed by atoms with Gasteiger partial charge in [0.05, 0.1) is 6.10 Å². The SMILES string of the molecule is CCOC1CC(NC(=O)CCCCBr)C1(C)C. The van der Waals surface area contributed by atoms with Crippen LogP contribution < -0.4 is 5.32 Å². The van der Waals surface area contributed by atoms with E-state index in [2.05, 4.69) is 35.1 Å². The van der Waals surface area contributed by atoms with Crippen molar-refractivity contribution in [1.29, 1.82) is 0 Å². The van der Waals surface area contributed by atoms with Crippen LogP contribution in [0.3, 0.4) is 0 Å². The Balaban J connectivity index is 2.27. The molecule has 1 aliphatic carbocycles. The molecule has 1 aliphatic rings. The van der Waals surface area contributed by atoms with Crippen LogP contribution in [0.15, 0.2) is 0 Å². The molecule has 4 heteroatoms. The van der Waals surface area contributed by atoms with E-state index in [1.54, 1.807) is 0 Å². The van der Waals surface area contributed by atoms with Crippen molar-refractivity contribution in [2.45, 2.75) is 58.6 Å². The van der Waals surface area contributed by atoms with E-state index in [1.165, 1.54) is 0 Å². The minimum atomic E-state index is 0.0705. The maximum Gasteiger partial charge on any atom is 0.220 e. The van der Waals surface area contributed by atoms with Crippen LogP contribution in [0.2, 0.25) is 0 Å². The van der Waals surface area contributed by atoms with E-state index in [9.17, 15) is 4.79 Å². The number of unbranched alkanes of at least 4 members (excludes halogenated alkanes) is 1. The average Bonchev–Trinajstić information content (AvgIpc) is 2.28. The molecular weight excluding hydrogens is 282 g/mol. The van der Waals surface area contributed by atoms with Gasteiger partial charge in [0.1, 0.15) is 0 Å². The maximum absolute atomic E-state index is 11.7. The number of hydrogen-bond donors (Lipinski definition) is 1. The van der Waals surface area contributed by atoms with Crippen molar-refractivity contribution in [2.24, 2.45) is 5.41 Å². The lowest BCUT2D eigenvalue weighted by molar-refractivity contribution is -0.136. The third kappa shape index (κ3) is 3.95. The first-order chi connectivity index (χ1) is 8.02. The quantitative estimate of drug-likeness (QED) is 0.580. The molecule has 0 bridgehead atoms. The van der Waals surface area contributed by atoms with Crippen LogP contribution >= 0.6 is 15.9 Å². The Morgan fingerprint density at radius 1 is 1.47 bits per heavy atom. The summed E-state index contributed by atoms with van der Waals surface area (Å²) in [6.45, 7) is 7.10. The van der Waals surface area contributed by atoms with Gasteiger partial charge in [-0.15, -0.1) is 0 Å². The van der Waals surface area contributed by atoms with E-state index in [1.807, 2.05) is 6.92 Å². The third-order valence-electron chi connectivity index (χ3n) is 3.67. The summed E-state index contributed by atoms with van der Waals surface area (Å²) in [6, 6.07) is 0.274. The van der Waals surface area contributed by atoms with Crippen LogP contribution in [-0.4, -0.2) is 30.0 Å². The summed E-state index contributed by atoms with van der Waals surface area (Å²) in [6.07, 6.45) is 3.89. The van der Waals surface area contributed by atoms with Crippen molar-refractivity contribution >= 4 is 21.8 Å². The standard InChI is InChI=1S/C13H24BrNO2/c1-4-17-11-9-10(13(11,2)3)15-12(16)7-5-6-8-14/h10-11H,4-9H2,1-3H3,(H,15,16). The molecular formula is C13H24BrNO2. The number of rotatable bonds is 7. The Hall–Kier alpha value is -0.0900. The summed E-state index contributed by atoms with van der Waals surface area (Å²) in [5, 5.41) is 4.09. The summed E-state index contributed by atoms with van der Waals surface area (Å²) in [5.41, 5.74) is 0.0705. The zero-order valence-electron chi connectivity index (χ0n) is 11.1. The fraction of sp³-hybridized carbons (Fsp3) is 0.923. The minimum absolute atomic E-state index is 0.0705. The number of hydrogen-bond acceptors (Lipinski definition) is 2. The first kappa shape index (κ1) is 15.0. The van der Waals surface area contributed by atoms with Crippen LogP contribution in [-0.2, 0) is 9.53 Å². The number of nitrogens with one attached hydrogen (secondary N) is 1. The molecule has 1 N–H and O–H groups in total. The van der Waals surface area contributed by atoms with Crippen molar-refractivity contribution in [1.82, 2.24) is 5.32 Å². The Morgan fingerprint density at radius 2 is 2.18 bits per heavy atom. The predicted octanol–water partition coefficient (Wildman–Crippen LogP) is 2.87. The predicted molar refractivity (Wildman–Crippen MR) is 73.4 cm³/mol. The highest BCUT2D eigenvalue weighted by Gasteiger charge is 2.49. The normalized spacial score (nSPS) is 26.4. The van der Waals surface area contributed by atoms with Gasteiger partial charge in [-0.3, -0.25) is 4.79 Å². The second-order valence-corrected chi connectivity index (χ2v) is 6.06. The lowest BCUT2D eigenvalue weighted by atomic mass is 9.64. The molecule has 3 nitrogen and oxygen atoms in total. The monoisotopic (exact) mass is 305 g/mol. The number of carbonyl (C=O) groups is 1. The Bertz CT molecular complexity index is 256. The molecule has 0 aromatic rings. The van der Waals surface area contributed by atoms with Crippen LogP contribution in [0.5, 0.6) is 0 Å². The lowest BCUT2D eigenvalue weighted by Crippen LogP contribution is -2.62. The molecule has 1 fully saturated rings. The Morgan fingerprint density at radius 3 is 2.71 bits per heavy atom. The number of alkyl halides is 1. The van der Waals surface area contributed by atoms with E-state index in [-0.39, 0.29) is 17.4 Å². The zero-order chi connectivity index (χ0) is 12.9. The molecule has 2 atom stereocenters. The van der Waals surface area contributed by atoms with E-state index < -0.39 is 0 Å². The molecule has 0 aromatic carbocycles. The highest BCUT2D eigenvalue weighted by molar-refractivity contribution is 9.09. The fourth-order valence-electron chi connectivity index (χ4n) is 2.26. The van der Waals surface area contributed by atoms with Gasteiger partial charge in [-0.2, -0.15) is 0 Å². The molecule has 1 rings (SSSR count). The lowest BCUT2D eigenvalue weighted by Gasteiger charge is -2.51. The molecule has 1 saturated carbocycles. The molecule has 2 unspecified atom stereocenters. The summed E-state index contributed by atoms with van der Waals surface area (Å²) in [7, 11) is 0. The summed E-state index contributed by atoms with van der Waals surface area (Å²) in [4.78, 5) is 11.7. The van der Waals surface area contributed by atoms with Gasteiger partial charge in [0.15, 0.2) is 0 Å². The summed E-state index contributed by atoms with van der Waals surface area (Å²) < 4.78 is 5.65. The molecule has 0 heterocycles. The first-order valence-electron chi connectivity index (χ1n) is 6.49. The van der Waals surface area contributed by atoms with E-state index in [0.29, 0.717) is 12.5 Å². The summed E-state index contributed by atoms with van der Waals surface area (Å²) in [5.74, 6) is 0.180. The van der Waals surface area contributed by atoms with Crippen molar-refractivity contribution in [3.05, 3.63) is 0 Å². The number of halogens is 1. The van der Waals surface area contributed by atoms with Crippen molar-refractivity contribution in [3.8, 4) is 0 Å². The van der Waals surface area contributed by atoms with Gasteiger partial charge in [-0.25, -0.2) is 0 Å². The average molecular weight is 306 g/mol. The highest BCUT2D eigenvalue weighted by Crippen LogP contribution is 2.42. The first-order valence-corrected chi connectivity index (χ1v) is 7.61. The molecule has 17 heavy (non-hydrogen) atoms. The van der Waals surface area contributed by atoms with E-state index in [4.69, 9.17) is 4.74 Å². The van der Waals surface area contributed by atoms with Crippen molar-refractivity contribution < 1.29 is 9.53 Å². The Labute approximate surface area is 113 Å². The molecule has 0 aromatic heterocycles. The van der Waals surface area contributed by atoms with Crippen LogP contribution in [0.25, 0.3) is 0 Å². The molecule has 0 saturated heterocycles. The van der Waals surface area contributed by atoms with E-state index >= 15 is 0 Å². The smallest absolute Gasteiger partial charge is 0.220 e. The topological polar surface area (TPSA) is 38.3 Å². The second kappa shape index (κ2) is 6.74. The van der Waals surface area contributed by atoms with Gasteiger partial charge in [0.2, 0.25) is 5.91 Å². The van der Waals surface area contributed by atoms with Crippen LogP contribution in [0.4, 0.5) is 0 Å². The van der Waals surface area contributed by atoms with Gasteiger partial charge in [0, 0.05) is 29.8 Å². The van der Waals surface area contributed by atoms with Gasteiger partial charge in [-0.1, -0.05) is 29.8 Å². The van der Waals surface area contributed by atoms with Crippen molar-refractivity contribution in [3.63, 3.8) is 0 Å². The maximum atomic E-state index is 11.7. The molecule has 100 valence electrons. The van der Waals surface area contributed by atoms with E-state index in [0.717, 1.165) is 31.2 Å². The zero-order valence-corrected chi connectivity index (χ0v) is 12.7. The van der Waals surface area contributed by atoms with Crippen LogP contribution in [0, 0.1) is 5.41 Å². The fourth-order valence-corrected chi connectivity index (χ4v) is 2.66. The third-order valence-corrected chi connectivity index (χ3v) is 4.23. The molecule has 0 spiro atoms. The largest absolute Gasteiger partial charge is 0.378 e. The Kier molecular flexibility index (Phi) is 5.93. The highest BCUT2D eigenvalue weighted by atomic mass is 79.9. The molecule has 0 radical (unpaired) electrons. The number of carbonyl (C=O) groups excluding carboxylic acids is 1. The molecule has 0 aliphatic heterocycles. The summed E-state index contributed by atoms with van der Waals surface area (Å²) >= 11 is 3.37. The second-order valence-electron chi connectivity index (χ2n) is 5.27. The molecule has 1 amide bonds. The number of ether oxygens (including phenoxy) is 1. The van der Waals surface area contributed by atoms with Crippen molar-refractivity contribution in [2.75, 3.05) is 11.9 Å². The minimum Gasteiger partial charge on any atom is -0.378 e. The van der Waals surface area contributed by atoms with Gasteiger partial charge in [0.25, 0.3) is 0 Å². The van der Waals surface area contributed by atoms with Gasteiger partial charge >= 0.3 is 0 Å². The number of amides is 1.